The van der Waals surface area contributed by atoms with Gasteiger partial charge in [0, 0.05) is 13.0 Å². The Kier molecular flexibility index (Phi) is 12.0. The lowest BCUT2D eigenvalue weighted by molar-refractivity contribution is -0.144. The van der Waals surface area contributed by atoms with Crippen LogP contribution in [0.5, 0.6) is 5.75 Å². The van der Waals surface area contributed by atoms with Gasteiger partial charge >= 0.3 is 5.97 Å². The van der Waals surface area contributed by atoms with Gasteiger partial charge in [-0.05, 0) is 37.5 Å². The number of benzene rings is 1. The molecule has 1 aliphatic heterocycles. The first-order valence-electron chi connectivity index (χ1n) is 12.8. The quantitative estimate of drug-likeness (QED) is 0.102. The average Bonchev–Trinajstić information content (AvgIpc) is 3.40. The summed E-state index contributed by atoms with van der Waals surface area (Å²) in [4.78, 5) is 75.9. The molecule has 11 N–H and O–H groups in total. The van der Waals surface area contributed by atoms with E-state index in [0.717, 1.165) is 4.90 Å². The first kappa shape index (κ1) is 32.9. The monoisotopic (exact) mass is 580 g/mol. The number of carboxylic acids is 1. The van der Waals surface area contributed by atoms with Crippen LogP contribution in [0.4, 0.5) is 0 Å². The predicted octanol–water partition coefficient (Wildman–Crippen LogP) is -3.96. The molecule has 0 radical (unpaired) electrons. The maximum atomic E-state index is 13.2. The molecule has 0 unspecified atom stereocenters. The van der Waals surface area contributed by atoms with Gasteiger partial charge in [-0.3, -0.25) is 24.0 Å². The van der Waals surface area contributed by atoms with Crippen LogP contribution < -0.4 is 27.4 Å². The number of aliphatic hydroxyl groups excluding tert-OH is 2. The molecule has 1 aliphatic rings. The van der Waals surface area contributed by atoms with Gasteiger partial charge in [-0.1, -0.05) is 12.1 Å². The molecule has 0 saturated carbocycles. The van der Waals surface area contributed by atoms with Gasteiger partial charge in [-0.25, -0.2) is 4.79 Å². The number of nitrogens with zero attached hydrogens (tertiary/aromatic N) is 1. The van der Waals surface area contributed by atoms with Crippen molar-refractivity contribution in [2.24, 2.45) is 11.5 Å². The molecule has 41 heavy (non-hydrogen) atoms. The summed E-state index contributed by atoms with van der Waals surface area (Å²) in [6, 6.07) is -1.37. The zero-order chi connectivity index (χ0) is 30.9. The third kappa shape index (κ3) is 9.40. The van der Waals surface area contributed by atoms with E-state index in [1.54, 1.807) is 0 Å². The van der Waals surface area contributed by atoms with E-state index >= 15 is 0 Å². The van der Waals surface area contributed by atoms with E-state index in [4.69, 9.17) is 16.6 Å². The zero-order valence-electron chi connectivity index (χ0n) is 22.4. The van der Waals surface area contributed by atoms with E-state index in [9.17, 15) is 44.1 Å². The van der Waals surface area contributed by atoms with Crippen molar-refractivity contribution in [3.8, 4) is 5.75 Å². The Morgan fingerprint density at radius 1 is 1.02 bits per heavy atom. The van der Waals surface area contributed by atoms with Gasteiger partial charge in [0.2, 0.25) is 29.5 Å². The summed E-state index contributed by atoms with van der Waals surface area (Å²) in [5, 5.41) is 45.2. The second-order valence-corrected chi connectivity index (χ2v) is 9.71. The molecule has 1 aromatic carbocycles. The number of primary amides is 1. The van der Waals surface area contributed by atoms with Crippen LogP contribution in [0.15, 0.2) is 24.3 Å². The summed E-state index contributed by atoms with van der Waals surface area (Å²) in [7, 11) is 0. The first-order valence-corrected chi connectivity index (χ1v) is 12.8. The highest BCUT2D eigenvalue weighted by molar-refractivity contribution is 5.97. The van der Waals surface area contributed by atoms with E-state index in [1.807, 2.05) is 0 Å². The molecule has 1 saturated heterocycles. The van der Waals surface area contributed by atoms with Crippen molar-refractivity contribution in [3.05, 3.63) is 29.8 Å². The van der Waals surface area contributed by atoms with Gasteiger partial charge in [-0.15, -0.1) is 0 Å². The molecule has 2 rings (SSSR count). The number of carboxylic acid groups (broad SMARTS) is 1. The van der Waals surface area contributed by atoms with Crippen LogP contribution in [0.1, 0.15) is 31.7 Å². The highest BCUT2D eigenvalue weighted by Gasteiger charge is 2.40. The molecular weight excluding hydrogens is 544 g/mol. The van der Waals surface area contributed by atoms with Crippen molar-refractivity contribution in [2.75, 3.05) is 13.2 Å². The summed E-state index contributed by atoms with van der Waals surface area (Å²) in [6.07, 6.45) is -1.72. The number of phenolic OH excluding ortho intramolecular Hbond substituents is 1. The van der Waals surface area contributed by atoms with Crippen LogP contribution in [0.2, 0.25) is 0 Å². The minimum Gasteiger partial charge on any atom is -0.508 e. The fourth-order valence-corrected chi connectivity index (χ4v) is 4.25. The molecule has 0 bridgehead atoms. The maximum Gasteiger partial charge on any atom is 0.326 e. The van der Waals surface area contributed by atoms with Crippen molar-refractivity contribution in [2.45, 2.75) is 68.9 Å². The summed E-state index contributed by atoms with van der Waals surface area (Å²) >= 11 is 0. The van der Waals surface area contributed by atoms with Crippen molar-refractivity contribution < 1.29 is 49.2 Å². The van der Waals surface area contributed by atoms with Crippen molar-refractivity contribution in [1.82, 2.24) is 20.9 Å². The van der Waals surface area contributed by atoms with Crippen LogP contribution in [-0.4, -0.2) is 110 Å². The van der Waals surface area contributed by atoms with E-state index in [0.29, 0.717) is 12.0 Å². The highest BCUT2D eigenvalue weighted by atomic mass is 16.4. The number of carbonyl (C=O) groups excluding carboxylic acids is 5. The van der Waals surface area contributed by atoms with E-state index < -0.39 is 84.8 Å². The lowest BCUT2D eigenvalue weighted by Crippen LogP contribution is -2.60. The Morgan fingerprint density at radius 3 is 2.17 bits per heavy atom. The van der Waals surface area contributed by atoms with E-state index in [-0.39, 0.29) is 25.1 Å². The van der Waals surface area contributed by atoms with E-state index in [2.05, 4.69) is 16.0 Å². The standard InChI is InChI=1S/C25H36N6O10/c1-12(33)20(23(38)29-17(25(40)41)9-13-4-6-14(34)7-5-13)30-22(37)18-3-2-8-31(18)24(39)16(10-19(27)35)28-21(36)15(26)11-32/h4-7,12,15-18,20,32-34H,2-3,8-11,26H2,1H3,(H2,27,35)(H,28,36)(H,29,38)(H,30,37)(H,40,41)/t12-,15+,16+,17+,18+,20+/m1/s1. The summed E-state index contributed by atoms with van der Waals surface area (Å²) in [5.74, 6) is -5.90. The van der Waals surface area contributed by atoms with Crippen LogP contribution in [-0.2, 0) is 35.2 Å². The number of hydrogen-bond donors (Lipinski definition) is 9. The Balaban J connectivity index is 2.15. The molecule has 1 heterocycles. The Labute approximate surface area is 235 Å². The highest BCUT2D eigenvalue weighted by Crippen LogP contribution is 2.20. The number of aliphatic hydroxyl groups is 2. The normalized spacial score (nSPS) is 18.3. The molecule has 16 nitrogen and oxygen atoms in total. The van der Waals surface area contributed by atoms with Gasteiger partial charge in [0.15, 0.2) is 0 Å². The lowest BCUT2D eigenvalue weighted by atomic mass is 10.0. The fourth-order valence-electron chi connectivity index (χ4n) is 4.25. The first-order chi connectivity index (χ1) is 19.2. The van der Waals surface area contributed by atoms with Crippen LogP contribution in [0, 0.1) is 0 Å². The molecule has 0 aromatic heterocycles. The second-order valence-electron chi connectivity index (χ2n) is 9.71. The minimum absolute atomic E-state index is 0.0296. The minimum atomic E-state index is -1.59. The van der Waals surface area contributed by atoms with Crippen molar-refractivity contribution in [1.29, 1.82) is 0 Å². The maximum absolute atomic E-state index is 13.2. The Morgan fingerprint density at radius 2 is 1.63 bits per heavy atom. The molecule has 1 fully saturated rings. The fraction of sp³-hybridized carbons (Fsp3) is 0.520. The molecule has 1 aromatic rings. The number of aromatic hydroxyl groups is 1. The molecule has 16 heteroatoms. The lowest BCUT2D eigenvalue weighted by Gasteiger charge is -2.30. The number of nitrogens with one attached hydrogen (secondary N) is 3. The van der Waals surface area contributed by atoms with Crippen LogP contribution >= 0.6 is 0 Å². The average molecular weight is 581 g/mol. The van der Waals surface area contributed by atoms with Crippen LogP contribution in [0.3, 0.4) is 0 Å². The Bertz CT molecular complexity index is 1130. The van der Waals surface area contributed by atoms with Gasteiger partial charge in [0.05, 0.1) is 19.1 Å². The second kappa shape index (κ2) is 14.9. The molecule has 6 atom stereocenters. The SMILES string of the molecule is C[C@@H](O)[C@H](NC(=O)[C@@H]1CCCN1C(=O)[C@H](CC(N)=O)NC(=O)[C@@H](N)CO)C(=O)N[C@@H](Cc1ccc(O)cc1)C(=O)O. The number of aliphatic carboxylic acids is 1. The number of phenols is 1. The molecule has 0 aliphatic carbocycles. The molecular formula is C25H36N6O10. The summed E-state index contributed by atoms with van der Waals surface area (Å²) in [5.41, 5.74) is 11.2. The van der Waals surface area contributed by atoms with E-state index in [1.165, 1.54) is 31.2 Å². The predicted molar refractivity (Wildman–Crippen MR) is 141 cm³/mol. The number of carbonyl (C=O) groups is 6. The van der Waals surface area contributed by atoms with Gasteiger partial charge in [0.1, 0.15) is 36.0 Å². The number of rotatable bonds is 14. The van der Waals surface area contributed by atoms with Crippen molar-refractivity contribution in [3.63, 3.8) is 0 Å². The molecule has 0 spiro atoms. The summed E-state index contributed by atoms with van der Waals surface area (Å²) in [6.45, 7) is 0.548. The largest absolute Gasteiger partial charge is 0.508 e. The smallest absolute Gasteiger partial charge is 0.326 e. The van der Waals surface area contributed by atoms with Gasteiger partial charge in [-0.2, -0.15) is 0 Å². The number of likely N-dealkylation sites (tertiary alicyclic amines) is 1. The Hall–Kier alpha value is -4.28. The van der Waals surface area contributed by atoms with Crippen molar-refractivity contribution >= 4 is 35.5 Å². The number of amides is 5. The zero-order valence-corrected chi connectivity index (χ0v) is 22.4. The van der Waals surface area contributed by atoms with Crippen LogP contribution in [0.25, 0.3) is 0 Å². The topological polar surface area (TPSA) is 275 Å². The number of hydrogen-bond acceptors (Lipinski definition) is 10. The number of nitrogens with two attached hydrogens (primary N) is 2. The summed E-state index contributed by atoms with van der Waals surface area (Å²) < 4.78 is 0. The van der Waals surface area contributed by atoms with Gasteiger partial charge < -0.3 is 52.7 Å². The third-order valence-corrected chi connectivity index (χ3v) is 6.45. The third-order valence-electron chi connectivity index (χ3n) is 6.45. The molecule has 226 valence electrons. The molecule has 5 amide bonds. The van der Waals surface area contributed by atoms with Gasteiger partial charge in [0.25, 0.3) is 0 Å².